The maximum atomic E-state index is 4.54. The minimum Gasteiger partial charge on any atom is -0.261 e. The van der Waals surface area contributed by atoms with E-state index in [4.69, 9.17) is 0 Å². The molecule has 2 rings (SSSR count). The Hall–Kier alpha value is -1.63. The highest BCUT2D eigenvalue weighted by atomic mass is 14.7. The molecule has 0 aliphatic rings. The van der Waals surface area contributed by atoms with Crippen molar-refractivity contribution >= 4 is 0 Å². The van der Waals surface area contributed by atoms with E-state index in [9.17, 15) is 0 Å². The molecule has 94 valence electrons. The van der Waals surface area contributed by atoms with Crippen molar-refractivity contribution in [2.24, 2.45) is 0 Å². The summed E-state index contributed by atoms with van der Waals surface area (Å²) in [6.45, 7) is 4.39. The van der Waals surface area contributed by atoms with Gasteiger partial charge in [0.2, 0.25) is 0 Å². The van der Waals surface area contributed by atoms with Crippen LogP contribution >= 0.6 is 0 Å². The van der Waals surface area contributed by atoms with Gasteiger partial charge in [0.25, 0.3) is 0 Å². The van der Waals surface area contributed by atoms with Crippen LogP contribution in [-0.4, -0.2) is 4.98 Å². The van der Waals surface area contributed by atoms with Crippen molar-refractivity contribution in [3.8, 4) is 11.1 Å². The first-order chi connectivity index (χ1) is 8.83. The minimum absolute atomic E-state index is 1.09. The summed E-state index contributed by atoms with van der Waals surface area (Å²) in [7, 11) is 0. The van der Waals surface area contributed by atoms with E-state index in [0.29, 0.717) is 0 Å². The molecule has 0 saturated heterocycles. The van der Waals surface area contributed by atoms with Gasteiger partial charge in [-0.3, -0.25) is 4.98 Å². The summed E-state index contributed by atoms with van der Waals surface area (Å²) >= 11 is 0. The van der Waals surface area contributed by atoms with Gasteiger partial charge in [-0.15, -0.1) is 0 Å². The molecule has 0 saturated carbocycles. The Bertz CT molecular complexity index is 468. The van der Waals surface area contributed by atoms with Crippen LogP contribution in [0.15, 0.2) is 42.6 Å². The molecule has 1 heteroatoms. The van der Waals surface area contributed by atoms with Crippen LogP contribution in [-0.2, 0) is 12.8 Å². The predicted molar refractivity (Wildman–Crippen MR) is 77.7 cm³/mol. The van der Waals surface area contributed by atoms with Crippen molar-refractivity contribution in [3.05, 3.63) is 53.9 Å². The van der Waals surface area contributed by atoms with Crippen LogP contribution in [0, 0.1) is 0 Å². The van der Waals surface area contributed by atoms with Crippen molar-refractivity contribution in [2.75, 3.05) is 0 Å². The summed E-state index contributed by atoms with van der Waals surface area (Å²) in [5.41, 5.74) is 5.04. The van der Waals surface area contributed by atoms with Gasteiger partial charge in [-0.1, -0.05) is 50.6 Å². The van der Waals surface area contributed by atoms with Gasteiger partial charge < -0.3 is 0 Å². The fraction of sp³-hybridized carbons (Fsp3) is 0.353. The zero-order chi connectivity index (χ0) is 12.8. The Balaban J connectivity index is 2.12. The van der Waals surface area contributed by atoms with Crippen LogP contribution < -0.4 is 0 Å². The second-order valence-electron chi connectivity index (χ2n) is 4.69. The highest BCUT2D eigenvalue weighted by Crippen LogP contribution is 2.19. The fourth-order valence-corrected chi connectivity index (χ4v) is 2.03. The molecular weight excluding hydrogens is 218 g/mol. The third kappa shape index (κ3) is 3.19. The molecule has 0 bridgehead atoms. The van der Waals surface area contributed by atoms with Gasteiger partial charge >= 0.3 is 0 Å². The van der Waals surface area contributed by atoms with Gasteiger partial charge in [0.1, 0.15) is 0 Å². The van der Waals surface area contributed by atoms with E-state index in [1.165, 1.54) is 35.2 Å². The normalized spacial score (nSPS) is 10.6. The lowest BCUT2D eigenvalue weighted by Crippen LogP contribution is -1.90. The van der Waals surface area contributed by atoms with E-state index in [1.807, 2.05) is 6.20 Å². The van der Waals surface area contributed by atoms with Crippen molar-refractivity contribution in [2.45, 2.75) is 39.5 Å². The molecule has 1 aromatic carbocycles. The SMILES string of the molecule is CCCCc1ccc(-c2ccc(CC)cc2)cn1. The molecule has 0 N–H and O–H groups in total. The molecule has 1 aromatic heterocycles. The first-order valence-electron chi connectivity index (χ1n) is 6.87. The number of benzene rings is 1. The van der Waals surface area contributed by atoms with E-state index in [1.54, 1.807) is 0 Å². The molecule has 2 aromatic rings. The first-order valence-corrected chi connectivity index (χ1v) is 6.87. The number of hydrogen-bond donors (Lipinski definition) is 0. The van der Waals surface area contributed by atoms with Crippen molar-refractivity contribution in [1.29, 1.82) is 0 Å². The molecule has 0 aliphatic heterocycles. The van der Waals surface area contributed by atoms with Gasteiger partial charge in [0.05, 0.1) is 0 Å². The Morgan fingerprint density at radius 2 is 1.61 bits per heavy atom. The predicted octanol–water partition coefficient (Wildman–Crippen LogP) is 4.65. The van der Waals surface area contributed by atoms with E-state index >= 15 is 0 Å². The summed E-state index contributed by atoms with van der Waals surface area (Å²) < 4.78 is 0. The lowest BCUT2D eigenvalue weighted by atomic mass is 10.0. The zero-order valence-corrected chi connectivity index (χ0v) is 11.3. The number of nitrogens with zero attached hydrogens (tertiary/aromatic N) is 1. The Labute approximate surface area is 110 Å². The lowest BCUT2D eigenvalue weighted by molar-refractivity contribution is 0.777. The summed E-state index contributed by atoms with van der Waals surface area (Å²) in [6, 6.07) is 13.1. The Kier molecular flexibility index (Phi) is 4.52. The molecule has 0 amide bonds. The number of unbranched alkanes of at least 4 members (excludes halogenated alkanes) is 1. The van der Waals surface area contributed by atoms with Crippen LogP contribution in [0.3, 0.4) is 0 Å². The number of pyridine rings is 1. The molecule has 0 radical (unpaired) electrons. The van der Waals surface area contributed by atoms with Crippen molar-refractivity contribution < 1.29 is 0 Å². The molecule has 0 aliphatic carbocycles. The highest BCUT2D eigenvalue weighted by Gasteiger charge is 1.99. The number of aromatic nitrogens is 1. The largest absolute Gasteiger partial charge is 0.261 e. The molecule has 0 spiro atoms. The number of aryl methyl sites for hydroxylation is 2. The third-order valence-corrected chi connectivity index (χ3v) is 3.31. The summed E-state index contributed by atoms with van der Waals surface area (Å²) in [5.74, 6) is 0. The van der Waals surface area contributed by atoms with Crippen LogP contribution in [0.5, 0.6) is 0 Å². The Morgan fingerprint density at radius 3 is 2.17 bits per heavy atom. The second-order valence-corrected chi connectivity index (χ2v) is 4.69. The summed E-state index contributed by atoms with van der Waals surface area (Å²) in [6.07, 6.45) is 6.62. The highest BCUT2D eigenvalue weighted by molar-refractivity contribution is 5.62. The average molecular weight is 239 g/mol. The maximum absolute atomic E-state index is 4.54. The smallest absolute Gasteiger partial charge is 0.0404 e. The van der Waals surface area contributed by atoms with Crippen molar-refractivity contribution in [1.82, 2.24) is 4.98 Å². The molecule has 0 atom stereocenters. The van der Waals surface area contributed by atoms with E-state index in [0.717, 1.165) is 12.8 Å². The van der Waals surface area contributed by atoms with Gasteiger partial charge in [-0.05, 0) is 36.5 Å². The standard InChI is InChI=1S/C17H21N/c1-3-5-6-17-12-11-16(13-18-17)15-9-7-14(4-2)8-10-15/h7-13H,3-6H2,1-2H3. The van der Waals surface area contributed by atoms with Crippen LogP contribution in [0.1, 0.15) is 37.9 Å². The second kappa shape index (κ2) is 6.34. The molecule has 1 nitrogen and oxygen atoms in total. The van der Waals surface area contributed by atoms with E-state index in [2.05, 4.69) is 55.2 Å². The summed E-state index contributed by atoms with van der Waals surface area (Å²) in [5, 5.41) is 0. The van der Waals surface area contributed by atoms with E-state index in [-0.39, 0.29) is 0 Å². The van der Waals surface area contributed by atoms with Crippen LogP contribution in [0.25, 0.3) is 11.1 Å². The fourth-order valence-electron chi connectivity index (χ4n) is 2.03. The van der Waals surface area contributed by atoms with E-state index < -0.39 is 0 Å². The number of rotatable bonds is 5. The average Bonchev–Trinajstić information content (AvgIpc) is 2.46. The van der Waals surface area contributed by atoms with Crippen molar-refractivity contribution in [3.63, 3.8) is 0 Å². The molecule has 18 heavy (non-hydrogen) atoms. The zero-order valence-electron chi connectivity index (χ0n) is 11.3. The molecule has 1 heterocycles. The molecular formula is C17H21N. The third-order valence-electron chi connectivity index (χ3n) is 3.31. The number of hydrogen-bond acceptors (Lipinski definition) is 1. The lowest BCUT2D eigenvalue weighted by Gasteiger charge is -2.04. The van der Waals surface area contributed by atoms with Gasteiger partial charge in [0.15, 0.2) is 0 Å². The molecule has 0 unspecified atom stereocenters. The van der Waals surface area contributed by atoms with Crippen LogP contribution in [0.4, 0.5) is 0 Å². The summed E-state index contributed by atoms with van der Waals surface area (Å²) in [4.78, 5) is 4.54. The first kappa shape index (κ1) is 12.8. The monoisotopic (exact) mass is 239 g/mol. The van der Waals surface area contributed by atoms with Gasteiger partial charge in [0, 0.05) is 17.5 Å². The van der Waals surface area contributed by atoms with Crippen LogP contribution in [0.2, 0.25) is 0 Å². The maximum Gasteiger partial charge on any atom is 0.0404 e. The van der Waals surface area contributed by atoms with Gasteiger partial charge in [-0.25, -0.2) is 0 Å². The Morgan fingerprint density at radius 1 is 0.889 bits per heavy atom. The van der Waals surface area contributed by atoms with Gasteiger partial charge in [-0.2, -0.15) is 0 Å². The minimum atomic E-state index is 1.09. The topological polar surface area (TPSA) is 12.9 Å². The quantitative estimate of drug-likeness (QED) is 0.740. The molecule has 0 fully saturated rings.